The molecule has 1 fully saturated rings. The summed E-state index contributed by atoms with van der Waals surface area (Å²) in [5.41, 5.74) is 0.555. The molecular formula is C17H22N2O4. The molecule has 0 spiro atoms. The van der Waals surface area contributed by atoms with Crippen molar-refractivity contribution in [3.05, 3.63) is 35.9 Å². The van der Waals surface area contributed by atoms with Gasteiger partial charge in [-0.2, -0.15) is 0 Å². The van der Waals surface area contributed by atoms with E-state index in [-0.39, 0.29) is 18.5 Å². The van der Waals surface area contributed by atoms with E-state index in [9.17, 15) is 14.4 Å². The maximum atomic E-state index is 12.1. The number of hydrogen-bond acceptors (Lipinski definition) is 4. The van der Waals surface area contributed by atoms with Crippen molar-refractivity contribution in [1.29, 1.82) is 0 Å². The van der Waals surface area contributed by atoms with Gasteiger partial charge in [0.15, 0.2) is 0 Å². The highest BCUT2D eigenvalue weighted by molar-refractivity contribution is 5.94. The van der Waals surface area contributed by atoms with E-state index in [0.29, 0.717) is 18.6 Å². The number of amides is 2. The Morgan fingerprint density at radius 2 is 2.09 bits per heavy atom. The molecule has 1 aliphatic rings. The minimum Gasteiger partial charge on any atom is -0.449 e. The van der Waals surface area contributed by atoms with Gasteiger partial charge in [-0.3, -0.25) is 9.69 Å². The Labute approximate surface area is 135 Å². The minimum absolute atomic E-state index is 0.207. The molecule has 1 aromatic rings. The van der Waals surface area contributed by atoms with Crippen LogP contribution in [0.1, 0.15) is 36.5 Å². The lowest BCUT2D eigenvalue weighted by Gasteiger charge is -2.19. The van der Waals surface area contributed by atoms with Crippen LogP contribution in [0.5, 0.6) is 0 Å². The molecule has 2 rings (SSSR count). The number of hydrogen-bond donors (Lipinski definition) is 1. The van der Waals surface area contributed by atoms with Gasteiger partial charge in [0.25, 0.3) is 5.91 Å². The zero-order chi connectivity index (χ0) is 16.7. The third-order valence-corrected chi connectivity index (χ3v) is 3.83. The third-order valence-electron chi connectivity index (χ3n) is 3.83. The van der Waals surface area contributed by atoms with E-state index in [0.717, 1.165) is 19.1 Å². The van der Waals surface area contributed by atoms with E-state index in [4.69, 9.17) is 4.74 Å². The van der Waals surface area contributed by atoms with Crippen molar-refractivity contribution < 1.29 is 19.1 Å². The van der Waals surface area contributed by atoms with Crippen molar-refractivity contribution >= 4 is 18.3 Å². The number of benzene rings is 1. The molecule has 1 saturated heterocycles. The first-order chi connectivity index (χ1) is 11.2. The van der Waals surface area contributed by atoms with Gasteiger partial charge in [-0.05, 0) is 25.0 Å². The van der Waals surface area contributed by atoms with E-state index >= 15 is 0 Å². The maximum absolute atomic E-state index is 12.1. The van der Waals surface area contributed by atoms with E-state index in [1.807, 2.05) is 13.0 Å². The molecule has 1 heterocycles. The average Bonchev–Trinajstić information content (AvgIpc) is 2.98. The average molecular weight is 318 g/mol. The molecule has 6 heteroatoms. The van der Waals surface area contributed by atoms with Gasteiger partial charge in [0.2, 0.25) is 0 Å². The second-order valence-electron chi connectivity index (χ2n) is 5.60. The smallest absolute Gasteiger partial charge is 0.410 e. The van der Waals surface area contributed by atoms with Crippen LogP contribution in [0, 0.1) is 0 Å². The Balaban J connectivity index is 1.91. The zero-order valence-electron chi connectivity index (χ0n) is 13.2. The summed E-state index contributed by atoms with van der Waals surface area (Å²) in [5, 5.41) is 2.86. The van der Waals surface area contributed by atoms with E-state index in [1.54, 1.807) is 24.3 Å². The van der Waals surface area contributed by atoms with E-state index < -0.39 is 12.1 Å². The number of ether oxygens (including phenoxy) is 1. The summed E-state index contributed by atoms with van der Waals surface area (Å²) in [7, 11) is 0. The normalized spacial score (nSPS) is 20.1. The van der Waals surface area contributed by atoms with Crippen molar-refractivity contribution in [2.45, 2.75) is 38.3 Å². The van der Waals surface area contributed by atoms with E-state index in [2.05, 4.69) is 5.32 Å². The second-order valence-corrected chi connectivity index (χ2v) is 5.60. The molecule has 1 N–H and O–H groups in total. The predicted molar refractivity (Wildman–Crippen MR) is 85.1 cm³/mol. The Morgan fingerprint density at radius 1 is 1.35 bits per heavy atom. The summed E-state index contributed by atoms with van der Waals surface area (Å²) in [4.78, 5) is 36.8. The molecule has 0 unspecified atom stereocenters. The van der Waals surface area contributed by atoms with Gasteiger partial charge in [-0.1, -0.05) is 31.5 Å². The van der Waals surface area contributed by atoms with Crippen LogP contribution in [0.2, 0.25) is 0 Å². The number of carbonyl (C=O) groups excluding carboxylic acids is 3. The highest BCUT2D eigenvalue weighted by Crippen LogP contribution is 2.18. The van der Waals surface area contributed by atoms with Gasteiger partial charge < -0.3 is 14.8 Å². The number of rotatable bonds is 6. The number of nitrogens with one attached hydrogen (secondary N) is 1. The lowest BCUT2D eigenvalue weighted by molar-refractivity contribution is -0.111. The molecule has 2 atom stereocenters. The molecule has 2 amide bonds. The van der Waals surface area contributed by atoms with Crippen molar-refractivity contribution in [3.8, 4) is 0 Å². The largest absolute Gasteiger partial charge is 0.449 e. The Hall–Kier alpha value is -2.37. The Bertz CT molecular complexity index is 547. The highest BCUT2D eigenvalue weighted by atomic mass is 16.6. The minimum atomic E-state index is -0.551. The molecule has 0 saturated carbocycles. The van der Waals surface area contributed by atoms with Gasteiger partial charge in [0.05, 0.1) is 12.6 Å². The van der Waals surface area contributed by atoms with Crippen molar-refractivity contribution in [3.63, 3.8) is 0 Å². The standard InChI is InChI=1S/C17H22N2O4/c1-2-3-9-23-17(22)19-11-14(10-15(19)12-20)18-16(21)13-7-5-4-6-8-13/h4-8,12,14-15H,2-3,9-11H2,1H3,(H,18,21)/t14-,15+/m1/s1. The molecule has 0 bridgehead atoms. The maximum Gasteiger partial charge on any atom is 0.410 e. The topological polar surface area (TPSA) is 75.7 Å². The summed E-state index contributed by atoms with van der Waals surface area (Å²) in [6.07, 6.45) is 2.37. The molecular weight excluding hydrogens is 296 g/mol. The Morgan fingerprint density at radius 3 is 2.74 bits per heavy atom. The first-order valence-corrected chi connectivity index (χ1v) is 7.90. The zero-order valence-corrected chi connectivity index (χ0v) is 13.2. The van der Waals surface area contributed by atoms with Crippen LogP contribution >= 0.6 is 0 Å². The van der Waals surface area contributed by atoms with Gasteiger partial charge in [0.1, 0.15) is 6.29 Å². The van der Waals surface area contributed by atoms with Crippen LogP contribution in [0.25, 0.3) is 0 Å². The fourth-order valence-electron chi connectivity index (χ4n) is 2.55. The molecule has 1 aromatic carbocycles. The predicted octanol–water partition coefficient (Wildman–Crippen LogP) is 1.99. The summed E-state index contributed by atoms with van der Waals surface area (Å²) >= 11 is 0. The summed E-state index contributed by atoms with van der Waals surface area (Å²) in [6, 6.07) is 8.05. The summed E-state index contributed by atoms with van der Waals surface area (Å²) in [5.74, 6) is -0.207. The molecule has 0 aromatic heterocycles. The lowest BCUT2D eigenvalue weighted by atomic mass is 10.1. The van der Waals surface area contributed by atoms with Crippen LogP contribution in [0.15, 0.2) is 30.3 Å². The van der Waals surface area contributed by atoms with Gasteiger partial charge in [-0.15, -0.1) is 0 Å². The quantitative estimate of drug-likeness (QED) is 0.643. The number of carbonyl (C=O) groups is 3. The molecule has 1 aliphatic heterocycles. The van der Waals surface area contributed by atoms with Crippen molar-refractivity contribution in [1.82, 2.24) is 10.2 Å². The number of likely N-dealkylation sites (tertiary alicyclic amines) is 1. The SMILES string of the molecule is CCCCOC(=O)N1C[C@H](NC(=O)c2ccccc2)C[C@H]1C=O. The van der Waals surface area contributed by atoms with Gasteiger partial charge in [-0.25, -0.2) is 4.79 Å². The number of aldehydes is 1. The molecule has 23 heavy (non-hydrogen) atoms. The van der Waals surface area contributed by atoms with Gasteiger partial charge >= 0.3 is 6.09 Å². The van der Waals surface area contributed by atoms with Crippen LogP contribution in [-0.2, 0) is 9.53 Å². The van der Waals surface area contributed by atoms with Crippen molar-refractivity contribution in [2.75, 3.05) is 13.2 Å². The monoisotopic (exact) mass is 318 g/mol. The first kappa shape index (κ1) is 17.0. The van der Waals surface area contributed by atoms with Crippen LogP contribution in [-0.4, -0.2) is 48.4 Å². The highest BCUT2D eigenvalue weighted by Gasteiger charge is 2.36. The van der Waals surface area contributed by atoms with Crippen LogP contribution in [0.3, 0.4) is 0 Å². The van der Waals surface area contributed by atoms with Crippen LogP contribution in [0.4, 0.5) is 4.79 Å². The molecule has 124 valence electrons. The number of nitrogens with zero attached hydrogens (tertiary/aromatic N) is 1. The fourth-order valence-corrected chi connectivity index (χ4v) is 2.55. The second kappa shape index (κ2) is 8.31. The summed E-state index contributed by atoms with van der Waals surface area (Å²) < 4.78 is 5.15. The first-order valence-electron chi connectivity index (χ1n) is 7.90. The fraction of sp³-hybridized carbons (Fsp3) is 0.471. The molecule has 0 radical (unpaired) electrons. The summed E-state index contributed by atoms with van der Waals surface area (Å²) in [6.45, 7) is 2.64. The third kappa shape index (κ3) is 4.55. The Kier molecular flexibility index (Phi) is 6.14. The van der Waals surface area contributed by atoms with E-state index in [1.165, 1.54) is 4.90 Å². The van der Waals surface area contributed by atoms with Crippen LogP contribution < -0.4 is 5.32 Å². The number of unbranched alkanes of at least 4 members (excludes halogenated alkanes) is 1. The van der Waals surface area contributed by atoms with Gasteiger partial charge in [0, 0.05) is 18.2 Å². The lowest BCUT2D eigenvalue weighted by Crippen LogP contribution is -2.40. The molecule has 0 aliphatic carbocycles. The molecule has 6 nitrogen and oxygen atoms in total. The van der Waals surface area contributed by atoms with Crippen molar-refractivity contribution in [2.24, 2.45) is 0 Å².